The monoisotopic (exact) mass is 222 g/mol. The maximum atomic E-state index is 11.3. The summed E-state index contributed by atoms with van der Waals surface area (Å²) in [5, 5.41) is 0. The Kier molecular flexibility index (Phi) is 2.11. The summed E-state index contributed by atoms with van der Waals surface area (Å²) >= 11 is 0. The van der Waals surface area contributed by atoms with E-state index in [1.807, 2.05) is 30.3 Å². The highest BCUT2D eigenvalue weighted by molar-refractivity contribution is 5.98. The second kappa shape index (κ2) is 3.63. The fourth-order valence-corrected chi connectivity index (χ4v) is 1.84. The molecule has 3 aromatic rings. The predicted octanol–water partition coefficient (Wildman–Crippen LogP) is 2.99. The van der Waals surface area contributed by atoms with Gasteiger partial charge >= 0.3 is 0 Å². The summed E-state index contributed by atoms with van der Waals surface area (Å²) in [7, 11) is 0. The molecule has 0 unspecified atom stereocenters. The maximum Gasteiger partial charge on any atom is 0.159 e. The molecule has 0 aliphatic heterocycles. The van der Waals surface area contributed by atoms with E-state index in [-0.39, 0.29) is 5.78 Å². The van der Waals surface area contributed by atoms with Crippen molar-refractivity contribution in [1.82, 2.24) is 9.97 Å². The molecular weight excluding hydrogens is 212 g/mol. The summed E-state index contributed by atoms with van der Waals surface area (Å²) in [6, 6.07) is 13.1. The molecule has 3 nitrogen and oxygen atoms in total. The van der Waals surface area contributed by atoms with E-state index in [9.17, 15) is 4.79 Å². The molecule has 3 rings (SSSR count). The van der Waals surface area contributed by atoms with Crippen molar-refractivity contribution in [3.63, 3.8) is 0 Å². The van der Waals surface area contributed by atoms with Gasteiger partial charge in [0.1, 0.15) is 0 Å². The topological polar surface area (TPSA) is 42.9 Å². The van der Waals surface area contributed by atoms with E-state index in [2.05, 4.69) is 9.97 Å². The lowest BCUT2D eigenvalue weighted by atomic mass is 10.1. The number of fused-ring (bicyclic) bond motifs is 2. The van der Waals surface area contributed by atoms with Gasteiger partial charge in [-0.2, -0.15) is 0 Å². The zero-order chi connectivity index (χ0) is 11.8. The normalized spacial score (nSPS) is 10.9. The highest BCUT2D eigenvalue weighted by atomic mass is 16.1. The van der Waals surface area contributed by atoms with Gasteiger partial charge in [-0.3, -0.25) is 4.79 Å². The van der Waals surface area contributed by atoms with Crippen molar-refractivity contribution in [3.8, 4) is 0 Å². The van der Waals surface area contributed by atoms with E-state index >= 15 is 0 Å². The van der Waals surface area contributed by atoms with Gasteiger partial charge in [0.05, 0.1) is 22.1 Å². The van der Waals surface area contributed by atoms with Crippen molar-refractivity contribution in [1.29, 1.82) is 0 Å². The van der Waals surface area contributed by atoms with Crippen LogP contribution in [0.3, 0.4) is 0 Å². The van der Waals surface area contributed by atoms with Crippen LogP contribution in [-0.2, 0) is 0 Å². The first-order chi connectivity index (χ1) is 8.24. The number of para-hydroxylation sites is 2. The Morgan fingerprint density at radius 3 is 2.12 bits per heavy atom. The van der Waals surface area contributed by atoms with Gasteiger partial charge in [0.2, 0.25) is 0 Å². The number of nitrogens with zero attached hydrogens (tertiary/aromatic N) is 2. The molecule has 0 spiro atoms. The number of aromatic nitrogens is 2. The van der Waals surface area contributed by atoms with Crippen molar-refractivity contribution in [3.05, 3.63) is 48.0 Å². The van der Waals surface area contributed by atoms with Gasteiger partial charge in [-0.1, -0.05) is 12.1 Å². The van der Waals surface area contributed by atoms with Crippen LogP contribution in [0.5, 0.6) is 0 Å². The second-order valence-corrected chi connectivity index (χ2v) is 3.97. The molecule has 1 aromatic heterocycles. The molecule has 0 saturated heterocycles. The zero-order valence-corrected chi connectivity index (χ0v) is 9.34. The quantitative estimate of drug-likeness (QED) is 0.469. The van der Waals surface area contributed by atoms with Crippen LogP contribution in [-0.4, -0.2) is 15.8 Å². The molecule has 0 saturated carbocycles. The van der Waals surface area contributed by atoms with E-state index < -0.39 is 0 Å². The predicted molar refractivity (Wildman–Crippen MR) is 67.0 cm³/mol. The molecule has 0 bridgehead atoms. The third-order valence-electron chi connectivity index (χ3n) is 2.75. The summed E-state index contributed by atoms with van der Waals surface area (Å²) in [6.45, 7) is 1.55. The van der Waals surface area contributed by atoms with Gasteiger partial charge in [0.25, 0.3) is 0 Å². The average molecular weight is 222 g/mol. The lowest BCUT2D eigenvalue weighted by Gasteiger charge is -2.02. The van der Waals surface area contributed by atoms with Gasteiger partial charge < -0.3 is 0 Å². The van der Waals surface area contributed by atoms with Gasteiger partial charge in [-0.05, 0) is 37.3 Å². The average Bonchev–Trinajstić information content (AvgIpc) is 2.35. The van der Waals surface area contributed by atoms with Crippen LogP contribution in [0, 0.1) is 0 Å². The SMILES string of the molecule is CC(=O)c1ccc2nc3ccccc3nc2c1. The van der Waals surface area contributed by atoms with Gasteiger partial charge in [0, 0.05) is 5.56 Å². The number of rotatable bonds is 1. The molecule has 0 aliphatic carbocycles. The first-order valence-corrected chi connectivity index (χ1v) is 5.41. The van der Waals surface area contributed by atoms with Gasteiger partial charge in [-0.15, -0.1) is 0 Å². The van der Waals surface area contributed by atoms with Crippen LogP contribution in [0.2, 0.25) is 0 Å². The van der Waals surface area contributed by atoms with Crippen molar-refractivity contribution in [2.24, 2.45) is 0 Å². The number of hydrogen-bond donors (Lipinski definition) is 0. The van der Waals surface area contributed by atoms with Gasteiger partial charge in [-0.25, -0.2) is 9.97 Å². The number of Topliss-reactive ketones (excluding diaryl/α,β-unsaturated/α-hetero) is 1. The molecule has 82 valence electrons. The van der Waals surface area contributed by atoms with Crippen LogP contribution in [0.1, 0.15) is 17.3 Å². The van der Waals surface area contributed by atoms with Crippen molar-refractivity contribution >= 4 is 27.9 Å². The van der Waals surface area contributed by atoms with E-state index in [0.29, 0.717) is 5.56 Å². The Labute approximate surface area is 98.1 Å². The molecule has 3 heteroatoms. The first-order valence-electron chi connectivity index (χ1n) is 5.41. The third-order valence-corrected chi connectivity index (χ3v) is 2.75. The smallest absolute Gasteiger partial charge is 0.159 e. The minimum Gasteiger partial charge on any atom is -0.295 e. The number of benzene rings is 2. The van der Waals surface area contributed by atoms with E-state index in [1.165, 1.54) is 0 Å². The zero-order valence-electron chi connectivity index (χ0n) is 9.34. The molecule has 0 fully saturated rings. The van der Waals surface area contributed by atoms with Crippen LogP contribution in [0.15, 0.2) is 42.5 Å². The molecule has 1 heterocycles. The summed E-state index contributed by atoms with van der Waals surface area (Å²) in [4.78, 5) is 20.3. The summed E-state index contributed by atoms with van der Waals surface area (Å²) in [6.07, 6.45) is 0. The minimum atomic E-state index is 0.0434. The van der Waals surface area contributed by atoms with Crippen LogP contribution in [0.25, 0.3) is 22.1 Å². The molecule has 2 aromatic carbocycles. The van der Waals surface area contributed by atoms with E-state index in [0.717, 1.165) is 22.1 Å². The highest BCUT2D eigenvalue weighted by Gasteiger charge is 2.04. The van der Waals surface area contributed by atoms with Crippen LogP contribution < -0.4 is 0 Å². The molecule has 0 atom stereocenters. The minimum absolute atomic E-state index is 0.0434. The molecule has 0 radical (unpaired) electrons. The molecule has 0 aliphatic rings. The number of carbonyl (C=O) groups excluding carboxylic acids is 1. The third kappa shape index (κ3) is 1.65. The van der Waals surface area contributed by atoms with Crippen LogP contribution >= 0.6 is 0 Å². The molecule has 17 heavy (non-hydrogen) atoms. The highest BCUT2D eigenvalue weighted by Crippen LogP contribution is 2.17. The van der Waals surface area contributed by atoms with E-state index in [1.54, 1.807) is 19.1 Å². The Morgan fingerprint density at radius 1 is 0.882 bits per heavy atom. The summed E-state index contributed by atoms with van der Waals surface area (Å²) in [5.41, 5.74) is 3.96. The lowest BCUT2D eigenvalue weighted by molar-refractivity contribution is 0.101. The van der Waals surface area contributed by atoms with Crippen molar-refractivity contribution in [2.75, 3.05) is 0 Å². The van der Waals surface area contributed by atoms with Gasteiger partial charge in [0.15, 0.2) is 5.78 Å². The van der Waals surface area contributed by atoms with Crippen molar-refractivity contribution in [2.45, 2.75) is 6.92 Å². The Hall–Kier alpha value is -2.29. The second-order valence-electron chi connectivity index (χ2n) is 3.97. The number of hydrogen-bond acceptors (Lipinski definition) is 3. The summed E-state index contributed by atoms with van der Waals surface area (Å²) < 4.78 is 0. The largest absolute Gasteiger partial charge is 0.295 e. The summed E-state index contributed by atoms with van der Waals surface area (Å²) in [5.74, 6) is 0.0434. The fourth-order valence-electron chi connectivity index (χ4n) is 1.84. The number of ketones is 1. The maximum absolute atomic E-state index is 11.3. The molecule has 0 amide bonds. The molecular formula is C14H10N2O. The Bertz CT molecular complexity index is 734. The Morgan fingerprint density at radius 2 is 1.47 bits per heavy atom. The lowest BCUT2D eigenvalue weighted by Crippen LogP contribution is -1.93. The first kappa shape index (κ1) is 9.90. The standard InChI is InChI=1S/C14H10N2O/c1-9(17)10-6-7-13-14(8-10)16-12-5-3-2-4-11(12)15-13/h2-8H,1H3. The number of carbonyl (C=O) groups is 1. The molecule has 0 N–H and O–H groups in total. The fraction of sp³-hybridized carbons (Fsp3) is 0.0714. The Balaban J connectivity index is 2.36. The van der Waals surface area contributed by atoms with Crippen LogP contribution in [0.4, 0.5) is 0 Å². The van der Waals surface area contributed by atoms with E-state index in [4.69, 9.17) is 0 Å². The van der Waals surface area contributed by atoms with Crippen molar-refractivity contribution < 1.29 is 4.79 Å².